The lowest BCUT2D eigenvalue weighted by molar-refractivity contribution is 0.413. The number of nitrogens with one attached hydrogen (secondary N) is 1. The zero-order chi connectivity index (χ0) is 14.4. The smallest absolute Gasteiger partial charge is 0.136 e. The van der Waals surface area contributed by atoms with E-state index < -0.39 is 0 Å². The van der Waals surface area contributed by atoms with Crippen molar-refractivity contribution in [2.75, 3.05) is 7.11 Å². The summed E-state index contributed by atoms with van der Waals surface area (Å²) < 4.78 is 5.12. The molecule has 20 heavy (non-hydrogen) atoms. The summed E-state index contributed by atoms with van der Waals surface area (Å²) >= 11 is 6.09. The number of hydrogen-bond donors (Lipinski definition) is 1. The summed E-state index contributed by atoms with van der Waals surface area (Å²) in [6.07, 6.45) is 0. The standard InChI is InChI=1S/C16H15ClN2O/c1-20-16-7-6-12(8-14(16)9-18)10-19-11-13-4-2-3-5-15(13)17/h2-8,19H,10-11H2,1H3. The average Bonchev–Trinajstić information content (AvgIpc) is 2.49. The Morgan fingerprint density at radius 1 is 1.20 bits per heavy atom. The quantitative estimate of drug-likeness (QED) is 0.915. The van der Waals surface area contributed by atoms with Crippen LogP contribution in [0.25, 0.3) is 0 Å². The van der Waals surface area contributed by atoms with Gasteiger partial charge in [0.25, 0.3) is 0 Å². The van der Waals surface area contributed by atoms with Gasteiger partial charge in [-0.1, -0.05) is 35.9 Å². The van der Waals surface area contributed by atoms with Crippen molar-refractivity contribution in [3.05, 3.63) is 64.2 Å². The molecule has 2 rings (SSSR count). The molecule has 0 saturated heterocycles. The Hall–Kier alpha value is -2.02. The highest BCUT2D eigenvalue weighted by Crippen LogP contribution is 2.19. The minimum Gasteiger partial charge on any atom is -0.495 e. The van der Waals surface area contributed by atoms with Gasteiger partial charge in [0.05, 0.1) is 12.7 Å². The van der Waals surface area contributed by atoms with Crippen LogP contribution in [0.2, 0.25) is 5.02 Å². The van der Waals surface area contributed by atoms with Crippen molar-refractivity contribution in [3.8, 4) is 11.8 Å². The fourth-order valence-corrected chi connectivity index (χ4v) is 2.14. The van der Waals surface area contributed by atoms with Crippen molar-refractivity contribution in [2.45, 2.75) is 13.1 Å². The summed E-state index contributed by atoms with van der Waals surface area (Å²) in [7, 11) is 1.56. The van der Waals surface area contributed by atoms with Gasteiger partial charge >= 0.3 is 0 Å². The molecule has 3 nitrogen and oxygen atoms in total. The SMILES string of the molecule is COc1ccc(CNCc2ccccc2Cl)cc1C#N. The molecule has 0 aliphatic rings. The van der Waals surface area contributed by atoms with Gasteiger partial charge in [-0.25, -0.2) is 0 Å². The van der Waals surface area contributed by atoms with Crippen molar-refractivity contribution < 1.29 is 4.74 Å². The number of nitriles is 1. The normalized spacial score (nSPS) is 10.1. The minimum atomic E-state index is 0.546. The molecule has 0 aromatic heterocycles. The zero-order valence-corrected chi connectivity index (χ0v) is 11.9. The maximum atomic E-state index is 9.05. The molecule has 0 fully saturated rings. The van der Waals surface area contributed by atoms with Crippen molar-refractivity contribution in [2.24, 2.45) is 0 Å². The van der Waals surface area contributed by atoms with Gasteiger partial charge in [-0.05, 0) is 29.3 Å². The van der Waals surface area contributed by atoms with Crippen molar-refractivity contribution in [3.63, 3.8) is 0 Å². The van der Waals surface area contributed by atoms with E-state index in [0.717, 1.165) is 16.1 Å². The molecule has 0 atom stereocenters. The van der Waals surface area contributed by atoms with Crippen LogP contribution in [0.4, 0.5) is 0 Å². The van der Waals surface area contributed by atoms with E-state index in [-0.39, 0.29) is 0 Å². The molecule has 4 heteroatoms. The summed E-state index contributed by atoms with van der Waals surface area (Å²) in [6, 6.07) is 15.5. The largest absolute Gasteiger partial charge is 0.495 e. The Bertz CT molecular complexity index is 635. The predicted molar refractivity (Wildman–Crippen MR) is 79.7 cm³/mol. The Morgan fingerprint density at radius 3 is 2.70 bits per heavy atom. The fourth-order valence-electron chi connectivity index (χ4n) is 1.94. The van der Waals surface area contributed by atoms with E-state index in [1.54, 1.807) is 7.11 Å². The maximum Gasteiger partial charge on any atom is 0.136 e. The number of nitrogens with zero attached hydrogens (tertiary/aromatic N) is 1. The number of rotatable bonds is 5. The fraction of sp³-hybridized carbons (Fsp3) is 0.188. The van der Waals surface area contributed by atoms with Crippen molar-refractivity contribution in [1.82, 2.24) is 5.32 Å². The average molecular weight is 287 g/mol. The van der Waals surface area contributed by atoms with Gasteiger partial charge < -0.3 is 10.1 Å². The predicted octanol–water partition coefficient (Wildman–Crippen LogP) is 3.51. The zero-order valence-electron chi connectivity index (χ0n) is 11.2. The first-order valence-corrected chi connectivity index (χ1v) is 6.63. The highest BCUT2D eigenvalue weighted by molar-refractivity contribution is 6.31. The molecule has 0 heterocycles. The van der Waals surface area contributed by atoms with Crippen LogP contribution >= 0.6 is 11.6 Å². The van der Waals surface area contributed by atoms with E-state index in [4.69, 9.17) is 21.6 Å². The molecule has 0 spiro atoms. The van der Waals surface area contributed by atoms with E-state index >= 15 is 0 Å². The lowest BCUT2D eigenvalue weighted by atomic mass is 10.1. The Balaban J connectivity index is 1.98. The first kappa shape index (κ1) is 14.4. The van der Waals surface area contributed by atoms with Gasteiger partial charge in [0.15, 0.2) is 0 Å². The van der Waals surface area contributed by atoms with Gasteiger partial charge in [-0.15, -0.1) is 0 Å². The highest BCUT2D eigenvalue weighted by atomic mass is 35.5. The van der Waals surface area contributed by atoms with E-state index in [2.05, 4.69) is 11.4 Å². The first-order chi connectivity index (χ1) is 9.74. The van der Waals surface area contributed by atoms with Crippen molar-refractivity contribution in [1.29, 1.82) is 5.26 Å². The van der Waals surface area contributed by atoms with Gasteiger partial charge in [0, 0.05) is 18.1 Å². The van der Waals surface area contributed by atoms with Crippen molar-refractivity contribution >= 4 is 11.6 Å². The molecule has 0 bridgehead atoms. The lowest BCUT2D eigenvalue weighted by Gasteiger charge is -2.08. The van der Waals surface area contributed by atoms with Crippen LogP contribution in [0.5, 0.6) is 5.75 Å². The summed E-state index contributed by atoms with van der Waals surface area (Å²) in [5.41, 5.74) is 2.64. The number of ether oxygens (including phenoxy) is 1. The molecule has 0 radical (unpaired) electrons. The monoisotopic (exact) mass is 286 g/mol. The third-order valence-corrected chi connectivity index (χ3v) is 3.36. The van der Waals surface area contributed by atoms with Gasteiger partial charge in [0.2, 0.25) is 0 Å². The molecule has 2 aromatic rings. The molecule has 0 aliphatic heterocycles. The second-order valence-corrected chi connectivity index (χ2v) is 4.75. The molecule has 2 aromatic carbocycles. The summed E-state index contributed by atoms with van der Waals surface area (Å²) in [6.45, 7) is 1.36. The molecular weight excluding hydrogens is 272 g/mol. The third-order valence-electron chi connectivity index (χ3n) is 2.99. The van der Waals surface area contributed by atoms with Crippen LogP contribution in [0, 0.1) is 11.3 Å². The molecule has 0 amide bonds. The molecule has 0 aliphatic carbocycles. The first-order valence-electron chi connectivity index (χ1n) is 6.25. The molecule has 0 saturated carbocycles. The molecular formula is C16H15ClN2O. The maximum absolute atomic E-state index is 9.05. The van der Waals surface area contributed by atoms with Crippen LogP contribution in [0.1, 0.15) is 16.7 Å². The lowest BCUT2D eigenvalue weighted by Crippen LogP contribution is -2.13. The summed E-state index contributed by atoms with van der Waals surface area (Å²) in [5, 5.41) is 13.1. The van der Waals surface area contributed by atoms with E-state index in [1.165, 1.54) is 0 Å². The number of benzene rings is 2. The van der Waals surface area contributed by atoms with Crippen LogP contribution < -0.4 is 10.1 Å². The molecule has 0 unspecified atom stereocenters. The van der Waals surface area contributed by atoms with Crippen LogP contribution in [-0.4, -0.2) is 7.11 Å². The van der Waals surface area contributed by atoms with Crippen LogP contribution in [0.3, 0.4) is 0 Å². The summed E-state index contributed by atoms with van der Waals surface area (Å²) in [4.78, 5) is 0. The van der Waals surface area contributed by atoms with Gasteiger partial charge in [-0.3, -0.25) is 0 Å². The Kier molecular flexibility index (Phi) is 5.00. The van der Waals surface area contributed by atoms with Crippen LogP contribution in [-0.2, 0) is 13.1 Å². The molecule has 1 N–H and O–H groups in total. The van der Waals surface area contributed by atoms with Gasteiger partial charge in [0.1, 0.15) is 11.8 Å². The Labute approximate surface area is 123 Å². The second-order valence-electron chi connectivity index (χ2n) is 4.34. The number of hydrogen-bond acceptors (Lipinski definition) is 3. The summed E-state index contributed by atoms with van der Waals surface area (Å²) in [5.74, 6) is 0.599. The highest BCUT2D eigenvalue weighted by Gasteiger charge is 2.04. The van der Waals surface area contributed by atoms with E-state index in [9.17, 15) is 0 Å². The van der Waals surface area contributed by atoms with E-state index in [0.29, 0.717) is 24.4 Å². The van der Waals surface area contributed by atoms with Crippen LogP contribution in [0.15, 0.2) is 42.5 Å². The third kappa shape index (κ3) is 3.51. The Morgan fingerprint density at radius 2 is 2.00 bits per heavy atom. The topological polar surface area (TPSA) is 45.0 Å². The van der Waals surface area contributed by atoms with E-state index in [1.807, 2.05) is 42.5 Å². The minimum absolute atomic E-state index is 0.546. The second kappa shape index (κ2) is 6.95. The number of halogens is 1. The molecule has 102 valence electrons. The number of methoxy groups -OCH3 is 1. The van der Waals surface area contributed by atoms with Gasteiger partial charge in [-0.2, -0.15) is 5.26 Å².